The number of fused-ring (bicyclic) bond motifs is 1. The lowest BCUT2D eigenvalue weighted by Crippen LogP contribution is -2.17. The van der Waals surface area contributed by atoms with Crippen LogP contribution in [0.4, 0.5) is 20.3 Å². The fourth-order valence-corrected chi connectivity index (χ4v) is 4.78. The molecule has 41 heavy (non-hydrogen) atoms. The number of H-pyrrole nitrogens is 1. The Balaban J connectivity index is 1.65. The van der Waals surface area contributed by atoms with Crippen LogP contribution < -0.4 is 15.8 Å². The Bertz CT molecular complexity index is 1740. The first-order chi connectivity index (χ1) is 19.8. The topological polar surface area (TPSA) is 115 Å². The number of nitrogens with one attached hydrogen (secondary N) is 2. The van der Waals surface area contributed by atoms with Crippen molar-refractivity contribution in [3.05, 3.63) is 101 Å². The number of nitrogens with two attached hydrogens (primary N) is 1. The van der Waals surface area contributed by atoms with E-state index in [1.165, 1.54) is 25.4 Å². The molecule has 0 aliphatic carbocycles. The zero-order chi connectivity index (χ0) is 29.1. The average molecular weight is 558 g/mol. The van der Waals surface area contributed by atoms with Gasteiger partial charge in [0, 0.05) is 28.4 Å². The smallest absolute Gasteiger partial charge is 0.341 e. The second kappa shape index (κ2) is 11.6. The molecule has 0 spiro atoms. The Hall–Kier alpha value is -4.99. The van der Waals surface area contributed by atoms with Crippen LogP contribution >= 0.6 is 0 Å². The molecule has 5 rings (SSSR count). The van der Waals surface area contributed by atoms with Crippen molar-refractivity contribution in [1.29, 1.82) is 0 Å². The Morgan fingerprint density at radius 3 is 2.68 bits per heavy atom. The molecule has 4 N–H and O–H groups in total. The van der Waals surface area contributed by atoms with E-state index in [9.17, 15) is 9.18 Å². The minimum Gasteiger partial charge on any atom is -0.491 e. The number of benzene rings is 3. The number of ether oxygens (including phenoxy) is 2. The summed E-state index contributed by atoms with van der Waals surface area (Å²) in [5, 5.41) is 5.03. The third-order valence-electron chi connectivity index (χ3n) is 6.81. The molecule has 0 fully saturated rings. The molecule has 2 heterocycles. The Morgan fingerprint density at radius 2 is 1.93 bits per heavy atom. The number of aryl methyl sites for hydroxylation is 1. The molecule has 8 nitrogen and oxygen atoms in total. The molecule has 0 saturated carbocycles. The first kappa shape index (κ1) is 27.6. The highest BCUT2D eigenvalue weighted by molar-refractivity contribution is 5.97. The van der Waals surface area contributed by atoms with Gasteiger partial charge in [-0.15, -0.1) is 0 Å². The van der Waals surface area contributed by atoms with Gasteiger partial charge in [0.2, 0.25) is 0 Å². The van der Waals surface area contributed by atoms with Gasteiger partial charge in [0.05, 0.1) is 25.6 Å². The minimum absolute atomic E-state index is 0.135. The summed E-state index contributed by atoms with van der Waals surface area (Å²) in [6.45, 7) is 4.06. The van der Waals surface area contributed by atoms with Crippen molar-refractivity contribution in [2.24, 2.45) is 0 Å². The SMILES string of the molecule is CCOc1cc(CC)cc(C(Nc2ccc3c(N)nccc3c2)c2ncc(-c3cccc(F)c3C(=O)OC)[nH]2)c1F. The molecule has 1 unspecified atom stereocenters. The number of aromatic amines is 1. The number of imidazole rings is 1. The van der Waals surface area contributed by atoms with Crippen LogP contribution in [0.5, 0.6) is 5.75 Å². The number of carbonyl (C=O) groups excluding carboxylic acids is 1. The molecule has 0 saturated heterocycles. The maximum atomic E-state index is 16.0. The fraction of sp³-hybridized carbons (Fsp3) is 0.194. The number of nitrogens with zero attached hydrogens (tertiary/aromatic N) is 2. The number of carbonyl (C=O) groups is 1. The molecule has 5 aromatic rings. The van der Waals surface area contributed by atoms with Crippen molar-refractivity contribution in [3.63, 3.8) is 0 Å². The molecule has 3 aromatic carbocycles. The molecule has 0 aliphatic heterocycles. The maximum Gasteiger partial charge on any atom is 0.341 e. The van der Waals surface area contributed by atoms with Crippen molar-refractivity contribution in [2.75, 3.05) is 24.8 Å². The Labute approximate surface area is 235 Å². The van der Waals surface area contributed by atoms with Crippen LogP contribution in [-0.2, 0) is 11.2 Å². The highest BCUT2D eigenvalue weighted by Gasteiger charge is 2.26. The summed E-state index contributed by atoms with van der Waals surface area (Å²) >= 11 is 0. The molecule has 2 aromatic heterocycles. The number of hydrogen-bond acceptors (Lipinski definition) is 7. The second-order valence-electron chi connectivity index (χ2n) is 9.33. The maximum absolute atomic E-state index is 16.0. The molecule has 1 atom stereocenters. The number of aromatic nitrogens is 3. The summed E-state index contributed by atoms with van der Waals surface area (Å²) in [5.74, 6) is -1.21. The lowest BCUT2D eigenvalue weighted by Gasteiger charge is -2.22. The summed E-state index contributed by atoms with van der Waals surface area (Å²) in [6.07, 6.45) is 3.74. The monoisotopic (exact) mass is 557 g/mol. The van der Waals surface area contributed by atoms with Crippen molar-refractivity contribution in [1.82, 2.24) is 15.0 Å². The van der Waals surface area contributed by atoms with Gasteiger partial charge in [-0.25, -0.2) is 23.5 Å². The molecular formula is C31H29F2N5O3. The Morgan fingerprint density at radius 1 is 1.10 bits per heavy atom. The van der Waals surface area contributed by atoms with Gasteiger partial charge in [-0.05, 0) is 60.7 Å². The van der Waals surface area contributed by atoms with Crippen molar-refractivity contribution in [3.8, 4) is 17.0 Å². The average Bonchev–Trinajstić information content (AvgIpc) is 3.47. The fourth-order valence-electron chi connectivity index (χ4n) is 4.78. The van der Waals surface area contributed by atoms with Gasteiger partial charge in [-0.1, -0.05) is 25.1 Å². The van der Waals surface area contributed by atoms with E-state index in [0.717, 1.165) is 16.3 Å². The normalized spacial score (nSPS) is 11.8. The van der Waals surface area contributed by atoms with Crippen LogP contribution in [-0.4, -0.2) is 34.6 Å². The number of methoxy groups -OCH3 is 1. The highest BCUT2D eigenvalue weighted by Crippen LogP contribution is 2.35. The van der Waals surface area contributed by atoms with Gasteiger partial charge < -0.3 is 25.5 Å². The lowest BCUT2D eigenvalue weighted by atomic mass is 9.99. The van der Waals surface area contributed by atoms with Gasteiger partial charge in [0.25, 0.3) is 0 Å². The minimum atomic E-state index is -0.822. The molecule has 0 bridgehead atoms. The van der Waals surface area contributed by atoms with Crippen molar-refractivity contribution in [2.45, 2.75) is 26.3 Å². The molecular weight excluding hydrogens is 528 g/mol. The summed E-state index contributed by atoms with van der Waals surface area (Å²) < 4.78 is 41.1. The van der Waals surface area contributed by atoms with Crippen LogP contribution in [0.15, 0.2) is 67.0 Å². The molecule has 10 heteroatoms. The van der Waals surface area contributed by atoms with E-state index in [1.807, 2.05) is 31.2 Å². The summed E-state index contributed by atoms with van der Waals surface area (Å²) in [6, 6.07) is 14.3. The van der Waals surface area contributed by atoms with Crippen LogP contribution in [0.25, 0.3) is 22.0 Å². The molecule has 0 amide bonds. The highest BCUT2D eigenvalue weighted by atomic mass is 19.1. The number of nitrogen functional groups attached to an aromatic ring is 1. The number of pyridine rings is 1. The van der Waals surface area contributed by atoms with Crippen LogP contribution in [0, 0.1) is 11.6 Å². The molecule has 210 valence electrons. The van der Waals surface area contributed by atoms with E-state index < -0.39 is 23.6 Å². The van der Waals surface area contributed by atoms with Crippen molar-refractivity contribution >= 4 is 28.2 Å². The molecule has 0 radical (unpaired) electrons. The van der Waals surface area contributed by atoms with Gasteiger partial charge in [0.15, 0.2) is 11.6 Å². The number of rotatable bonds is 9. The zero-order valence-corrected chi connectivity index (χ0v) is 22.8. The van der Waals surface area contributed by atoms with E-state index in [4.69, 9.17) is 15.2 Å². The Kier molecular flexibility index (Phi) is 7.82. The summed E-state index contributed by atoms with van der Waals surface area (Å²) in [7, 11) is 1.18. The lowest BCUT2D eigenvalue weighted by molar-refractivity contribution is 0.0596. The van der Waals surface area contributed by atoms with E-state index in [1.54, 1.807) is 31.3 Å². The quantitative estimate of drug-likeness (QED) is 0.179. The second-order valence-corrected chi connectivity index (χ2v) is 9.33. The molecule has 0 aliphatic rings. The third-order valence-corrected chi connectivity index (χ3v) is 6.81. The summed E-state index contributed by atoms with van der Waals surface area (Å²) in [4.78, 5) is 24.2. The predicted octanol–water partition coefficient (Wildman–Crippen LogP) is 6.43. The van der Waals surface area contributed by atoms with Gasteiger partial charge in [0.1, 0.15) is 29.1 Å². The third kappa shape index (κ3) is 5.41. The van der Waals surface area contributed by atoms with E-state index >= 15 is 4.39 Å². The van der Waals surface area contributed by atoms with Crippen LogP contribution in [0.1, 0.15) is 47.2 Å². The van der Waals surface area contributed by atoms with E-state index in [0.29, 0.717) is 41.6 Å². The zero-order valence-electron chi connectivity index (χ0n) is 22.8. The number of halogens is 2. The van der Waals surface area contributed by atoms with Crippen LogP contribution in [0.3, 0.4) is 0 Å². The number of anilines is 2. The number of esters is 1. The van der Waals surface area contributed by atoms with E-state index in [-0.39, 0.29) is 16.9 Å². The standard InChI is InChI=1S/C31H29F2N5O3/c1-4-17-13-22(27(33)25(14-17)41-5-2)28(37-19-9-10-20-18(15-19)11-12-35-29(20)34)30-36-16-24(38-30)21-7-6-8-23(32)26(21)31(39)40-3/h6-16,28,37H,4-5H2,1-3H3,(H2,34,35)(H,36,38). The first-order valence-corrected chi connectivity index (χ1v) is 13.1. The van der Waals surface area contributed by atoms with Crippen molar-refractivity contribution < 1.29 is 23.0 Å². The number of hydrogen-bond donors (Lipinski definition) is 3. The summed E-state index contributed by atoms with van der Waals surface area (Å²) in [5.41, 5.74) is 8.28. The van der Waals surface area contributed by atoms with Gasteiger partial charge in [-0.2, -0.15) is 0 Å². The van der Waals surface area contributed by atoms with E-state index in [2.05, 4.69) is 20.3 Å². The van der Waals surface area contributed by atoms with Gasteiger partial charge in [-0.3, -0.25) is 0 Å². The first-order valence-electron chi connectivity index (χ1n) is 13.1. The van der Waals surface area contributed by atoms with Gasteiger partial charge >= 0.3 is 5.97 Å². The predicted molar refractivity (Wildman–Crippen MR) is 154 cm³/mol. The van der Waals surface area contributed by atoms with Crippen LogP contribution in [0.2, 0.25) is 0 Å². The largest absolute Gasteiger partial charge is 0.491 e.